The summed E-state index contributed by atoms with van der Waals surface area (Å²) in [4.78, 5) is 24.5. The lowest BCUT2D eigenvalue weighted by Gasteiger charge is -2.08. The minimum absolute atomic E-state index is 0.0285. The Balaban J connectivity index is 1.58. The zero-order chi connectivity index (χ0) is 22.9. The number of anilines is 2. The van der Waals surface area contributed by atoms with E-state index in [0.717, 1.165) is 3.57 Å². The van der Waals surface area contributed by atoms with Gasteiger partial charge in [-0.1, -0.05) is 41.9 Å². The molecule has 0 unspecified atom stereocenters. The first kappa shape index (κ1) is 23.3. The Morgan fingerprint density at radius 3 is 2.47 bits per heavy atom. The second-order valence-electron chi connectivity index (χ2n) is 6.52. The third-order valence-corrected chi connectivity index (χ3v) is 5.33. The van der Waals surface area contributed by atoms with E-state index >= 15 is 0 Å². The van der Waals surface area contributed by atoms with Crippen molar-refractivity contribution in [1.82, 2.24) is 0 Å². The van der Waals surface area contributed by atoms with Crippen LogP contribution < -0.4 is 15.4 Å². The van der Waals surface area contributed by atoms with Gasteiger partial charge in [0.25, 0.3) is 11.8 Å². The Labute approximate surface area is 204 Å². The van der Waals surface area contributed by atoms with E-state index in [1.807, 2.05) is 24.3 Å². The van der Waals surface area contributed by atoms with E-state index in [1.165, 1.54) is 6.08 Å². The summed E-state index contributed by atoms with van der Waals surface area (Å²) in [6.07, 6.45) is 1.49. The number of hydrogen-bond donors (Lipinski definition) is 2. The molecule has 3 rings (SSSR count). The van der Waals surface area contributed by atoms with Crippen LogP contribution in [0.25, 0.3) is 6.08 Å². The van der Waals surface area contributed by atoms with E-state index in [4.69, 9.17) is 16.3 Å². The summed E-state index contributed by atoms with van der Waals surface area (Å²) in [5.41, 5.74) is 1.84. The van der Waals surface area contributed by atoms with Crippen molar-refractivity contribution in [3.05, 3.63) is 92.5 Å². The monoisotopic (exact) mass is 557 g/mol. The van der Waals surface area contributed by atoms with E-state index in [0.29, 0.717) is 27.7 Å². The summed E-state index contributed by atoms with van der Waals surface area (Å²) >= 11 is 8.01. The van der Waals surface area contributed by atoms with Crippen LogP contribution in [0.1, 0.15) is 5.56 Å². The van der Waals surface area contributed by atoms with Crippen LogP contribution in [0, 0.1) is 14.9 Å². The van der Waals surface area contributed by atoms with Crippen LogP contribution in [0.5, 0.6) is 5.75 Å². The topological polar surface area (TPSA) is 91.2 Å². The van der Waals surface area contributed by atoms with E-state index in [9.17, 15) is 14.9 Å². The van der Waals surface area contributed by atoms with E-state index in [2.05, 4.69) is 33.2 Å². The van der Waals surface area contributed by atoms with Crippen molar-refractivity contribution >= 4 is 63.5 Å². The number of nitriles is 1. The van der Waals surface area contributed by atoms with Crippen molar-refractivity contribution in [2.24, 2.45) is 0 Å². The molecule has 0 bridgehead atoms. The first-order valence-corrected chi connectivity index (χ1v) is 10.9. The Bertz CT molecular complexity index is 1200. The zero-order valence-corrected chi connectivity index (χ0v) is 19.6. The lowest BCUT2D eigenvalue weighted by molar-refractivity contribution is -0.118. The molecule has 3 aromatic carbocycles. The van der Waals surface area contributed by atoms with Crippen LogP contribution in [0.15, 0.2) is 78.4 Å². The molecule has 0 spiro atoms. The molecular formula is C24H17ClIN3O3. The van der Waals surface area contributed by atoms with Gasteiger partial charge in [0, 0.05) is 14.3 Å². The van der Waals surface area contributed by atoms with Crippen molar-refractivity contribution in [3.8, 4) is 11.8 Å². The number of carbonyl (C=O) groups is 2. The number of nitrogens with zero attached hydrogens (tertiary/aromatic N) is 1. The van der Waals surface area contributed by atoms with E-state index in [-0.39, 0.29) is 18.1 Å². The highest BCUT2D eigenvalue weighted by molar-refractivity contribution is 14.1. The molecule has 0 fully saturated rings. The van der Waals surface area contributed by atoms with Crippen LogP contribution in [0.3, 0.4) is 0 Å². The van der Waals surface area contributed by atoms with Gasteiger partial charge in [-0.3, -0.25) is 9.59 Å². The van der Waals surface area contributed by atoms with Crippen LogP contribution in [0.4, 0.5) is 11.4 Å². The number of halogens is 2. The highest BCUT2D eigenvalue weighted by atomic mass is 127. The second-order valence-corrected chi connectivity index (χ2v) is 8.12. The molecular weight excluding hydrogens is 541 g/mol. The molecule has 0 atom stereocenters. The number of carbonyl (C=O) groups excluding carboxylic acids is 2. The van der Waals surface area contributed by atoms with Gasteiger partial charge in [-0.05, 0) is 76.7 Å². The number of rotatable bonds is 7. The van der Waals surface area contributed by atoms with Gasteiger partial charge in [0.2, 0.25) is 0 Å². The third-order valence-electron chi connectivity index (χ3n) is 4.16. The van der Waals surface area contributed by atoms with Gasteiger partial charge in [0.1, 0.15) is 17.4 Å². The van der Waals surface area contributed by atoms with Gasteiger partial charge < -0.3 is 15.4 Å². The number of ether oxygens (including phenoxy) is 1. The Morgan fingerprint density at radius 1 is 1.03 bits per heavy atom. The quantitative estimate of drug-likeness (QED) is 0.228. The first-order chi connectivity index (χ1) is 15.4. The standard InChI is InChI=1S/C24H17ClIN3O3/c25-18-4-3-5-19(13-18)28-23(30)15-32-20-10-8-16(9-11-20)12-17(14-27)24(31)29-22-7-2-1-6-21(22)26/h1-13H,15H2,(H,28,30)(H,29,31)/b17-12-. The molecule has 160 valence electrons. The highest BCUT2D eigenvalue weighted by Gasteiger charge is 2.11. The Morgan fingerprint density at radius 2 is 1.78 bits per heavy atom. The third kappa shape index (κ3) is 6.83. The number of nitrogens with one attached hydrogen (secondary N) is 2. The van der Waals surface area contributed by atoms with Gasteiger partial charge in [0.05, 0.1) is 5.69 Å². The fourth-order valence-corrected chi connectivity index (χ4v) is 3.35. The molecule has 8 heteroatoms. The predicted octanol–water partition coefficient (Wildman–Crippen LogP) is 5.51. The van der Waals surface area contributed by atoms with Crippen LogP contribution in [-0.4, -0.2) is 18.4 Å². The second kappa shape index (κ2) is 11.3. The molecule has 0 aliphatic rings. The average molecular weight is 558 g/mol. The number of benzene rings is 3. The summed E-state index contributed by atoms with van der Waals surface area (Å²) in [5.74, 6) is -0.338. The molecule has 0 radical (unpaired) electrons. The SMILES string of the molecule is N#C/C(=C/c1ccc(OCC(=O)Nc2cccc(Cl)c2)cc1)C(=O)Nc1ccccc1I. The Kier molecular flexibility index (Phi) is 8.25. The van der Waals surface area contributed by atoms with Gasteiger partial charge in [0.15, 0.2) is 6.61 Å². The molecule has 6 nitrogen and oxygen atoms in total. The summed E-state index contributed by atoms with van der Waals surface area (Å²) in [6, 6.07) is 22.8. The number of hydrogen-bond acceptors (Lipinski definition) is 4. The first-order valence-electron chi connectivity index (χ1n) is 9.40. The normalized spacial score (nSPS) is 10.7. The van der Waals surface area contributed by atoms with Crippen molar-refractivity contribution in [2.75, 3.05) is 17.2 Å². The Hall–Kier alpha value is -3.35. The maximum Gasteiger partial charge on any atom is 0.266 e. The van der Waals surface area contributed by atoms with Crippen LogP contribution in [-0.2, 0) is 9.59 Å². The molecule has 3 aromatic rings. The van der Waals surface area contributed by atoms with Gasteiger partial charge in [-0.2, -0.15) is 5.26 Å². The average Bonchev–Trinajstić information content (AvgIpc) is 2.78. The smallest absolute Gasteiger partial charge is 0.266 e. The zero-order valence-electron chi connectivity index (χ0n) is 16.6. The van der Waals surface area contributed by atoms with Gasteiger partial charge >= 0.3 is 0 Å². The lowest BCUT2D eigenvalue weighted by Crippen LogP contribution is -2.20. The highest BCUT2D eigenvalue weighted by Crippen LogP contribution is 2.19. The van der Waals surface area contributed by atoms with Crippen molar-refractivity contribution in [1.29, 1.82) is 5.26 Å². The summed E-state index contributed by atoms with van der Waals surface area (Å²) < 4.78 is 6.36. The fourth-order valence-electron chi connectivity index (χ4n) is 2.64. The largest absolute Gasteiger partial charge is 0.484 e. The summed E-state index contributed by atoms with van der Waals surface area (Å²) in [6.45, 7) is -0.177. The van der Waals surface area contributed by atoms with E-state index < -0.39 is 5.91 Å². The minimum atomic E-state index is -0.491. The molecule has 2 amide bonds. The van der Waals surface area contributed by atoms with Crippen molar-refractivity contribution < 1.29 is 14.3 Å². The molecule has 0 aromatic heterocycles. The van der Waals surface area contributed by atoms with Crippen LogP contribution in [0.2, 0.25) is 5.02 Å². The molecule has 0 saturated carbocycles. The molecule has 0 saturated heterocycles. The van der Waals surface area contributed by atoms with Crippen molar-refractivity contribution in [2.45, 2.75) is 0 Å². The molecule has 0 heterocycles. The minimum Gasteiger partial charge on any atom is -0.484 e. The molecule has 0 aliphatic heterocycles. The van der Waals surface area contributed by atoms with Gasteiger partial charge in [-0.25, -0.2) is 0 Å². The van der Waals surface area contributed by atoms with E-state index in [1.54, 1.807) is 54.6 Å². The summed E-state index contributed by atoms with van der Waals surface area (Å²) in [7, 11) is 0. The molecule has 2 N–H and O–H groups in total. The molecule has 32 heavy (non-hydrogen) atoms. The maximum atomic E-state index is 12.4. The number of amides is 2. The van der Waals surface area contributed by atoms with Crippen LogP contribution >= 0.6 is 34.2 Å². The number of para-hydroxylation sites is 1. The predicted molar refractivity (Wildman–Crippen MR) is 133 cm³/mol. The lowest BCUT2D eigenvalue weighted by atomic mass is 10.1. The summed E-state index contributed by atoms with van der Waals surface area (Å²) in [5, 5.41) is 15.3. The fraction of sp³-hybridized carbons (Fsp3) is 0.0417. The van der Waals surface area contributed by atoms with Gasteiger partial charge in [-0.15, -0.1) is 0 Å². The molecule has 0 aliphatic carbocycles. The van der Waals surface area contributed by atoms with Crippen molar-refractivity contribution in [3.63, 3.8) is 0 Å². The maximum absolute atomic E-state index is 12.4.